The van der Waals surface area contributed by atoms with Crippen molar-refractivity contribution in [3.05, 3.63) is 59.7 Å². The van der Waals surface area contributed by atoms with Crippen molar-refractivity contribution < 1.29 is 19.4 Å². The minimum Gasteiger partial charge on any atom is -0.480 e. The number of ether oxygens (including phenoxy) is 1. The Morgan fingerprint density at radius 2 is 1.64 bits per heavy atom. The Morgan fingerprint density at radius 1 is 1.04 bits per heavy atom. The molecule has 0 spiro atoms. The van der Waals surface area contributed by atoms with Gasteiger partial charge < -0.3 is 15.6 Å². The van der Waals surface area contributed by atoms with Crippen molar-refractivity contribution in [1.82, 2.24) is 5.32 Å². The zero-order valence-electron chi connectivity index (χ0n) is 15.8. The van der Waals surface area contributed by atoms with E-state index in [0.29, 0.717) is 19.4 Å². The Bertz CT molecular complexity index is 791. The largest absolute Gasteiger partial charge is 0.480 e. The van der Waals surface area contributed by atoms with Gasteiger partial charge in [-0.05, 0) is 41.6 Å². The van der Waals surface area contributed by atoms with Crippen LogP contribution in [0.4, 0.5) is 0 Å². The minimum atomic E-state index is -0.969. The molecule has 0 bridgehead atoms. The van der Waals surface area contributed by atoms with Gasteiger partial charge in [-0.3, -0.25) is 14.9 Å². The lowest BCUT2D eigenvalue weighted by atomic mass is 9.98. The van der Waals surface area contributed by atoms with Crippen LogP contribution < -0.4 is 11.1 Å². The van der Waals surface area contributed by atoms with Gasteiger partial charge in [0.2, 0.25) is 0 Å². The second-order valence-corrected chi connectivity index (χ2v) is 6.97. The molecule has 1 aliphatic rings. The number of carboxylic acids is 1. The van der Waals surface area contributed by atoms with Gasteiger partial charge in [-0.15, -0.1) is 0 Å². The molecule has 148 valence electrons. The molecule has 6 nitrogen and oxygen atoms in total. The van der Waals surface area contributed by atoms with Gasteiger partial charge >= 0.3 is 11.9 Å². The Hall–Kier alpha value is -2.70. The number of carbonyl (C=O) groups excluding carboxylic acids is 1. The van der Waals surface area contributed by atoms with Crippen molar-refractivity contribution in [2.45, 2.75) is 31.2 Å². The molecule has 0 heterocycles. The molecule has 0 amide bonds. The van der Waals surface area contributed by atoms with Gasteiger partial charge in [0.15, 0.2) is 0 Å². The van der Waals surface area contributed by atoms with E-state index in [1.165, 1.54) is 11.1 Å². The van der Waals surface area contributed by atoms with E-state index < -0.39 is 18.0 Å². The fourth-order valence-corrected chi connectivity index (χ4v) is 3.68. The molecular formula is C22H26N2O4. The van der Waals surface area contributed by atoms with Crippen molar-refractivity contribution in [3.63, 3.8) is 0 Å². The average molecular weight is 382 g/mol. The lowest BCUT2D eigenvalue weighted by Gasteiger charge is -2.16. The highest BCUT2D eigenvalue weighted by atomic mass is 16.5. The number of nitrogens with one attached hydrogen (secondary N) is 1. The van der Waals surface area contributed by atoms with Gasteiger partial charge in [-0.2, -0.15) is 0 Å². The number of hydrogen-bond acceptors (Lipinski definition) is 5. The summed E-state index contributed by atoms with van der Waals surface area (Å²) in [6.45, 7) is 0.633. The first kappa shape index (κ1) is 20.0. The summed E-state index contributed by atoms with van der Waals surface area (Å²) in [5.74, 6) is -1.42. The van der Waals surface area contributed by atoms with Crippen LogP contribution in [0.3, 0.4) is 0 Å². The molecule has 1 aliphatic carbocycles. The van der Waals surface area contributed by atoms with Gasteiger partial charge in [0, 0.05) is 5.92 Å². The number of hydrogen-bond donors (Lipinski definition) is 3. The van der Waals surface area contributed by atoms with Crippen LogP contribution >= 0.6 is 0 Å². The number of benzene rings is 2. The number of carbonyl (C=O) groups is 2. The molecule has 2 aromatic carbocycles. The first-order valence-electron chi connectivity index (χ1n) is 9.62. The monoisotopic (exact) mass is 382 g/mol. The average Bonchev–Trinajstić information content (AvgIpc) is 3.02. The maximum Gasteiger partial charge on any atom is 0.320 e. The summed E-state index contributed by atoms with van der Waals surface area (Å²) >= 11 is 0. The molecule has 0 aliphatic heterocycles. The normalized spacial score (nSPS) is 13.6. The predicted octanol–water partition coefficient (Wildman–Crippen LogP) is 2.51. The summed E-state index contributed by atoms with van der Waals surface area (Å²) in [7, 11) is 0. The van der Waals surface area contributed by atoms with E-state index in [1.807, 2.05) is 24.3 Å². The summed E-state index contributed by atoms with van der Waals surface area (Å²) in [6.07, 6.45) is 1.89. The SMILES string of the molecule is NCCCC[C@H](NCC(=O)OCC1c2ccccc2-c2ccccc21)C(=O)O. The van der Waals surface area contributed by atoms with Crippen LogP contribution in [-0.4, -0.2) is 42.8 Å². The maximum absolute atomic E-state index is 12.2. The predicted molar refractivity (Wildman–Crippen MR) is 107 cm³/mol. The number of esters is 1. The molecule has 3 rings (SSSR count). The standard InChI is InChI=1S/C22H26N2O4/c23-12-6-5-11-20(22(26)27)24-13-21(25)28-14-19-17-9-3-1-7-15(17)16-8-2-4-10-18(16)19/h1-4,7-10,19-20,24H,5-6,11-14,23H2,(H,26,27)/t20-/m0/s1. The Labute approximate surface area is 164 Å². The zero-order valence-corrected chi connectivity index (χ0v) is 15.8. The summed E-state index contributed by atoms with van der Waals surface area (Å²) in [6, 6.07) is 15.5. The molecule has 4 N–H and O–H groups in total. The lowest BCUT2D eigenvalue weighted by Crippen LogP contribution is -2.40. The van der Waals surface area contributed by atoms with Crippen LogP contribution in [0, 0.1) is 0 Å². The third-order valence-corrected chi connectivity index (χ3v) is 5.11. The molecule has 0 fully saturated rings. The van der Waals surface area contributed by atoms with E-state index in [2.05, 4.69) is 29.6 Å². The second kappa shape index (κ2) is 9.48. The Morgan fingerprint density at radius 3 is 2.21 bits per heavy atom. The molecule has 2 aromatic rings. The van der Waals surface area contributed by atoms with Crippen LogP contribution in [0.25, 0.3) is 11.1 Å². The molecule has 0 saturated heterocycles. The van der Waals surface area contributed by atoms with Crippen LogP contribution in [0.1, 0.15) is 36.3 Å². The molecule has 0 saturated carbocycles. The molecule has 6 heteroatoms. The van der Waals surface area contributed by atoms with Gasteiger partial charge in [0.25, 0.3) is 0 Å². The quantitative estimate of drug-likeness (QED) is 0.431. The van der Waals surface area contributed by atoms with E-state index in [0.717, 1.165) is 17.5 Å². The number of rotatable bonds is 10. The van der Waals surface area contributed by atoms with Gasteiger partial charge in [-0.1, -0.05) is 55.0 Å². The topological polar surface area (TPSA) is 102 Å². The molecule has 28 heavy (non-hydrogen) atoms. The first-order chi connectivity index (χ1) is 13.6. The number of nitrogens with two attached hydrogens (primary N) is 1. The van der Waals surface area contributed by atoms with Gasteiger partial charge in [-0.25, -0.2) is 0 Å². The summed E-state index contributed by atoms with van der Waals surface area (Å²) < 4.78 is 5.48. The van der Waals surface area contributed by atoms with Crippen LogP contribution in [0.2, 0.25) is 0 Å². The van der Waals surface area contributed by atoms with Crippen LogP contribution in [-0.2, 0) is 14.3 Å². The second-order valence-electron chi connectivity index (χ2n) is 6.97. The molecule has 0 radical (unpaired) electrons. The van der Waals surface area contributed by atoms with E-state index >= 15 is 0 Å². The third-order valence-electron chi connectivity index (χ3n) is 5.11. The van der Waals surface area contributed by atoms with Crippen LogP contribution in [0.5, 0.6) is 0 Å². The number of aliphatic carboxylic acids is 1. The van der Waals surface area contributed by atoms with E-state index in [9.17, 15) is 14.7 Å². The highest BCUT2D eigenvalue weighted by Gasteiger charge is 2.29. The lowest BCUT2D eigenvalue weighted by molar-refractivity contribution is -0.144. The van der Waals surface area contributed by atoms with Crippen molar-refractivity contribution in [2.75, 3.05) is 19.7 Å². The highest BCUT2D eigenvalue weighted by molar-refractivity contribution is 5.79. The molecule has 0 unspecified atom stereocenters. The van der Waals surface area contributed by atoms with E-state index in [-0.39, 0.29) is 19.1 Å². The maximum atomic E-state index is 12.2. The van der Waals surface area contributed by atoms with Crippen molar-refractivity contribution in [3.8, 4) is 11.1 Å². The Balaban J connectivity index is 1.57. The highest BCUT2D eigenvalue weighted by Crippen LogP contribution is 2.44. The van der Waals surface area contributed by atoms with Gasteiger partial charge in [0.1, 0.15) is 12.6 Å². The summed E-state index contributed by atoms with van der Waals surface area (Å²) in [4.78, 5) is 23.5. The van der Waals surface area contributed by atoms with E-state index in [4.69, 9.17) is 10.5 Å². The Kier molecular flexibility index (Phi) is 6.79. The molecular weight excluding hydrogens is 356 g/mol. The van der Waals surface area contributed by atoms with Crippen molar-refractivity contribution >= 4 is 11.9 Å². The molecule has 1 atom stereocenters. The minimum absolute atomic E-state index is 0.00354. The fraction of sp³-hybridized carbons (Fsp3) is 0.364. The third kappa shape index (κ3) is 4.58. The first-order valence-corrected chi connectivity index (χ1v) is 9.62. The smallest absolute Gasteiger partial charge is 0.320 e. The number of unbranched alkanes of at least 4 members (excludes halogenated alkanes) is 1. The van der Waals surface area contributed by atoms with Crippen LogP contribution in [0.15, 0.2) is 48.5 Å². The number of carboxylic acid groups (broad SMARTS) is 1. The van der Waals surface area contributed by atoms with Gasteiger partial charge in [0.05, 0.1) is 6.54 Å². The van der Waals surface area contributed by atoms with Crippen molar-refractivity contribution in [2.24, 2.45) is 5.73 Å². The zero-order chi connectivity index (χ0) is 19.9. The number of fused-ring (bicyclic) bond motifs is 3. The molecule has 0 aromatic heterocycles. The van der Waals surface area contributed by atoms with E-state index in [1.54, 1.807) is 0 Å². The fourth-order valence-electron chi connectivity index (χ4n) is 3.68. The van der Waals surface area contributed by atoms with Crippen molar-refractivity contribution in [1.29, 1.82) is 0 Å². The summed E-state index contributed by atoms with van der Waals surface area (Å²) in [5, 5.41) is 12.0. The summed E-state index contributed by atoms with van der Waals surface area (Å²) in [5.41, 5.74) is 10.1.